The number of carbonyl (C=O) groups is 3. The van der Waals surface area contributed by atoms with Crippen molar-refractivity contribution in [1.82, 2.24) is 5.01 Å². The van der Waals surface area contributed by atoms with E-state index in [9.17, 15) is 14.4 Å². The van der Waals surface area contributed by atoms with Gasteiger partial charge in [0.2, 0.25) is 5.41 Å². The van der Waals surface area contributed by atoms with Crippen LogP contribution in [0.15, 0.2) is 59.7 Å². The minimum Gasteiger partial charge on any atom is -0.422 e. The van der Waals surface area contributed by atoms with Crippen LogP contribution in [0.4, 0.5) is 0 Å². The van der Waals surface area contributed by atoms with Crippen molar-refractivity contribution in [2.45, 2.75) is 44.6 Å². The molecular formula is C24H22N2O5. The highest BCUT2D eigenvalue weighted by Gasteiger charge is 2.74. The van der Waals surface area contributed by atoms with Gasteiger partial charge in [0.1, 0.15) is 12.1 Å². The van der Waals surface area contributed by atoms with Crippen LogP contribution in [-0.4, -0.2) is 40.8 Å². The maximum atomic E-state index is 13.7. The predicted molar refractivity (Wildman–Crippen MR) is 111 cm³/mol. The van der Waals surface area contributed by atoms with Gasteiger partial charge in [-0.05, 0) is 23.6 Å². The number of esters is 2. The normalized spacial score (nSPS) is 27.3. The smallest absolute Gasteiger partial charge is 0.330 e. The number of carbonyl (C=O) groups excluding carboxylic acids is 3. The van der Waals surface area contributed by atoms with Crippen LogP contribution in [-0.2, 0) is 23.9 Å². The summed E-state index contributed by atoms with van der Waals surface area (Å²) in [7, 11) is 0. The van der Waals surface area contributed by atoms with Crippen LogP contribution in [0.2, 0.25) is 0 Å². The molecule has 7 nitrogen and oxygen atoms in total. The van der Waals surface area contributed by atoms with E-state index in [1.807, 2.05) is 54.6 Å². The third-order valence-corrected chi connectivity index (χ3v) is 6.34. The number of hydrazone groups is 1. The lowest BCUT2D eigenvalue weighted by Gasteiger charge is -2.44. The summed E-state index contributed by atoms with van der Waals surface area (Å²) in [6.45, 7) is 4.50. The molecule has 0 aromatic heterocycles. The molecular weight excluding hydrogens is 396 g/mol. The quantitative estimate of drug-likeness (QED) is 0.551. The Labute approximate surface area is 179 Å². The van der Waals surface area contributed by atoms with E-state index in [0.29, 0.717) is 5.56 Å². The van der Waals surface area contributed by atoms with E-state index in [1.165, 1.54) is 20.8 Å². The summed E-state index contributed by atoms with van der Waals surface area (Å²) in [6, 6.07) is 14.9. The molecule has 0 N–H and O–H groups in total. The third-order valence-electron chi connectivity index (χ3n) is 6.34. The van der Waals surface area contributed by atoms with Gasteiger partial charge in [0.15, 0.2) is 5.78 Å². The molecule has 7 heteroatoms. The largest absolute Gasteiger partial charge is 0.422 e. The molecule has 3 heterocycles. The number of ketones is 1. The lowest BCUT2D eigenvalue weighted by molar-refractivity contribution is -0.254. The number of hydrogen-bond donors (Lipinski definition) is 0. The highest BCUT2D eigenvalue weighted by molar-refractivity contribution is 6.07. The van der Waals surface area contributed by atoms with Gasteiger partial charge in [0.25, 0.3) is 5.79 Å². The average Bonchev–Trinajstić information content (AvgIpc) is 3.05. The second kappa shape index (κ2) is 6.51. The molecule has 0 radical (unpaired) electrons. The van der Waals surface area contributed by atoms with Crippen LogP contribution >= 0.6 is 0 Å². The molecule has 3 aliphatic rings. The monoisotopic (exact) mass is 418 g/mol. The Morgan fingerprint density at radius 3 is 2.23 bits per heavy atom. The maximum Gasteiger partial charge on any atom is 0.330 e. The Bertz CT molecular complexity index is 1100. The molecule has 1 spiro atoms. The number of ether oxygens (including phenoxy) is 2. The molecule has 3 atom stereocenters. The molecule has 158 valence electrons. The maximum absolute atomic E-state index is 13.7. The minimum absolute atomic E-state index is 0.197. The number of benzene rings is 2. The molecule has 2 aromatic carbocycles. The Balaban J connectivity index is 1.83. The lowest BCUT2D eigenvalue weighted by Crippen LogP contribution is -2.58. The van der Waals surface area contributed by atoms with E-state index in [2.05, 4.69) is 5.10 Å². The fourth-order valence-corrected chi connectivity index (χ4v) is 5.20. The van der Waals surface area contributed by atoms with Gasteiger partial charge in [-0.3, -0.25) is 19.4 Å². The standard InChI is InChI=1S/C24H22N2O5/c1-14(27)19-18(15-9-5-4-6-10-15)24(21(28)30-23(2,3)31-22(24)29)20-17-12-8-7-11-16(17)13-25-26(19)20/h4-13,18-20H,1-3H3/t18-,19-,20+/m1/s1. The number of fused-ring (bicyclic) bond motifs is 4. The second-order valence-corrected chi connectivity index (χ2v) is 8.65. The highest BCUT2D eigenvalue weighted by atomic mass is 16.7. The predicted octanol–water partition coefficient (Wildman–Crippen LogP) is 2.95. The SMILES string of the molecule is CC(=O)[C@@H]1[C@@H](c2ccccc2)C2(C(=O)OC(C)(C)OC2=O)[C@@H]2c3ccccc3C=NN12. The van der Waals surface area contributed by atoms with Crippen molar-refractivity contribution in [3.8, 4) is 0 Å². The van der Waals surface area contributed by atoms with Crippen molar-refractivity contribution < 1.29 is 23.9 Å². The molecule has 2 saturated heterocycles. The molecule has 3 aliphatic heterocycles. The number of rotatable bonds is 2. The van der Waals surface area contributed by atoms with Crippen molar-refractivity contribution in [3.05, 3.63) is 71.3 Å². The summed E-state index contributed by atoms with van der Waals surface area (Å²) in [4.78, 5) is 40.4. The number of cyclic esters (lactones) is 2. The zero-order valence-electron chi connectivity index (χ0n) is 17.4. The fraction of sp³-hybridized carbons (Fsp3) is 0.333. The van der Waals surface area contributed by atoms with Crippen molar-refractivity contribution in [1.29, 1.82) is 0 Å². The molecule has 2 fully saturated rings. The molecule has 0 saturated carbocycles. The number of hydrogen-bond acceptors (Lipinski definition) is 7. The van der Waals surface area contributed by atoms with E-state index in [1.54, 1.807) is 11.2 Å². The molecule has 2 aromatic rings. The third kappa shape index (κ3) is 2.59. The van der Waals surface area contributed by atoms with Gasteiger partial charge in [0, 0.05) is 19.8 Å². The summed E-state index contributed by atoms with van der Waals surface area (Å²) < 4.78 is 11.3. The van der Waals surface area contributed by atoms with Crippen LogP contribution in [0.3, 0.4) is 0 Å². The van der Waals surface area contributed by atoms with Crippen molar-refractivity contribution >= 4 is 23.9 Å². The van der Waals surface area contributed by atoms with E-state index in [0.717, 1.165) is 11.1 Å². The first-order chi connectivity index (χ1) is 14.8. The first kappa shape index (κ1) is 19.5. The fourth-order valence-electron chi connectivity index (χ4n) is 5.20. The Morgan fingerprint density at radius 2 is 1.58 bits per heavy atom. The molecule has 31 heavy (non-hydrogen) atoms. The first-order valence-corrected chi connectivity index (χ1v) is 10.2. The first-order valence-electron chi connectivity index (χ1n) is 10.2. The molecule has 5 rings (SSSR count). The Morgan fingerprint density at radius 1 is 0.968 bits per heavy atom. The molecule has 0 bridgehead atoms. The summed E-state index contributed by atoms with van der Waals surface area (Å²) in [6.07, 6.45) is 1.66. The number of Topliss-reactive ketones (excluding diaryl/α,β-unsaturated/α-hetero) is 1. The second-order valence-electron chi connectivity index (χ2n) is 8.65. The molecule has 0 aliphatic carbocycles. The average molecular weight is 418 g/mol. The summed E-state index contributed by atoms with van der Waals surface area (Å²) in [5.74, 6) is -3.81. The van der Waals surface area contributed by atoms with Gasteiger partial charge < -0.3 is 9.47 Å². The summed E-state index contributed by atoms with van der Waals surface area (Å²) in [5, 5.41) is 6.12. The Hall–Kier alpha value is -3.48. The van der Waals surface area contributed by atoms with Gasteiger partial charge in [-0.1, -0.05) is 54.6 Å². The summed E-state index contributed by atoms with van der Waals surface area (Å²) >= 11 is 0. The molecule has 0 unspecified atom stereocenters. The van der Waals surface area contributed by atoms with Gasteiger partial charge in [-0.2, -0.15) is 5.10 Å². The van der Waals surface area contributed by atoms with Crippen molar-refractivity contribution in [2.75, 3.05) is 0 Å². The van der Waals surface area contributed by atoms with E-state index >= 15 is 0 Å². The van der Waals surface area contributed by atoms with E-state index in [-0.39, 0.29) is 5.78 Å². The lowest BCUT2D eigenvalue weighted by atomic mass is 9.65. The summed E-state index contributed by atoms with van der Waals surface area (Å²) in [5.41, 5.74) is 0.417. The van der Waals surface area contributed by atoms with Crippen LogP contribution in [0.5, 0.6) is 0 Å². The topological polar surface area (TPSA) is 85.3 Å². The zero-order valence-corrected chi connectivity index (χ0v) is 17.4. The molecule has 0 amide bonds. The van der Waals surface area contributed by atoms with Gasteiger partial charge >= 0.3 is 11.9 Å². The van der Waals surface area contributed by atoms with Gasteiger partial charge in [-0.25, -0.2) is 0 Å². The van der Waals surface area contributed by atoms with Gasteiger partial charge in [-0.15, -0.1) is 0 Å². The van der Waals surface area contributed by atoms with E-state index < -0.39 is 41.1 Å². The van der Waals surface area contributed by atoms with E-state index in [4.69, 9.17) is 9.47 Å². The van der Waals surface area contributed by atoms with Crippen molar-refractivity contribution in [2.24, 2.45) is 10.5 Å². The van der Waals surface area contributed by atoms with Crippen molar-refractivity contribution in [3.63, 3.8) is 0 Å². The number of nitrogens with zero attached hydrogens (tertiary/aromatic N) is 2. The minimum atomic E-state index is -1.78. The van der Waals surface area contributed by atoms with Crippen LogP contribution < -0.4 is 0 Å². The van der Waals surface area contributed by atoms with Gasteiger partial charge in [0.05, 0.1) is 6.21 Å². The van der Waals surface area contributed by atoms with Crippen LogP contribution in [0.25, 0.3) is 0 Å². The van der Waals surface area contributed by atoms with Crippen LogP contribution in [0, 0.1) is 5.41 Å². The van der Waals surface area contributed by atoms with Crippen LogP contribution in [0.1, 0.15) is 49.4 Å². The Kier molecular flexibility index (Phi) is 4.09. The highest BCUT2D eigenvalue weighted by Crippen LogP contribution is 2.62. The zero-order chi connectivity index (χ0) is 22.0.